The summed E-state index contributed by atoms with van der Waals surface area (Å²) in [5.74, 6) is -0.342. The molecule has 1 atom stereocenters. The summed E-state index contributed by atoms with van der Waals surface area (Å²) in [4.78, 5) is 23.5. The molecule has 1 aliphatic rings. The maximum atomic E-state index is 11.6. The van der Waals surface area contributed by atoms with Crippen LogP contribution in [-0.4, -0.2) is 42.2 Å². The van der Waals surface area contributed by atoms with Gasteiger partial charge in [0.25, 0.3) is 0 Å². The second-order valence-corrected chi connectivity index (χ2v) is 4.02. The van der Waals surface area contributed by atoms with Crippen LogP contribution in [0, 0.1) is 0 Å². The summed E-state index contributed by atoms with van der Waals surface area (Å²) in [6.07, 6.45) is 0. The molecule has 96 valence electrons. The maximum Gasteiger partial charge on any atom is 0.323 e. The number of para-hydroxylation sites is 1. The number of hydrogen-bond acceptors (Lipinski definition) is 3. The molecule has 2 N–H and O–H groups in total. The predicted octanol–water partition coefficient (Wildman–Crippen LogP) is 0.846. The van der Waals surface area contributed by atoms with E-state index in [1.807, 2.05) is 18.2 Å². The molecule has 2 rings (SSSR count). The quantitative estimate of drug-likeness (QED) is 0.830. The first-order chi connectivity index (χ1) is 8.61. The van der Waals surface area contributed by atoms with E-state index >= 15 is 0 Å². The van der Waals surface area contributed by atoms with Gasteiger partial charge >= 0.3 is 12.0 Å². The first-order valence-electron chi connectivity index (χ1n) is 5.52. The van der Waals surface area contributed by atoms with Gasteiger partial charge < -0.3 is 20.1 Å². The third-order valence-corrected chi connectivity index (χ3v) is 2.83. The van der Waals surface area contributed by atoms with E-state index < -0.39 is 5.97 Å². The van der Waals surface area contributed by atoms with E-state index in [9.17, 15) is 9.59 Å². The molecule has 1 fully saturated rings. The fourth-order valence-electron chi connectivity index (χ4n) is 2.02. The number of nitrogens with one attached hydrogen (secondary N) is 1. The Hall–Kier alpha value is -2.24. The number of nitrogens with zero attached hydrogens (tertiary/aromatic N) is 1. The van der Waals surface area contributed by atoms with E-state index in [-0.39, 0.29) is 18.6 Å². The standard InChI is InChI=1S/C12H14N2O4/c1-18-10-5-3-2-4-8(10)9-6-14(7-11(15)16)12(17)13-9/h2-5,9H,6-7H2,1H3,(H,13,17)(H,15,16). The predicted molar refractivity (Wildman–Crippen MR) is 63.5 cm³/mol. The van der Waals surface area contributed by atoms with Crippen molar-refractivity contribution >= 4 is 12.0 Å². The van der Waals surface area contributed by atoms with Crippen molar-refractivity contribution in [2.24, 2.45) is 0 Å². The summed E-state index contributed by atoms with van der Waals surface area (Å²) in [5, 5.41) is 11.4. The molecule has 1 aliphatic heterocycles. The van der Waals surface area contributed by atoms with Crippen LogP contribution in [0.1, 0.15) is 11.6 Å². The van der Waals surface area contributed by atoms with E-state index in [1.54, 1.807) is 13.2 Å². The average molecular weight is 250 g/mol. The topological polar surface area (TPSA) is 78.9 Å². The van der Waals surface area contributed by atoms with Crippen molar-refractivity contribution in [3.63, 3.8) is 0 Å². The van der Waals surface area contributed by atoms with Crippen LogP contribution in [0.25, 0.3) is 0 Å². The lowest BCUT2D eigenvalue weighted by Crippen LogP contribution is -2.32. The third-order valence-electron chi connectivity index (χ3n) is 2.83. The molecule has 1 unspecified atom stereocenters. The number of amides is 2. The van der Waals surface area contributed by atoms with Gasteiger partial charge in [-0.3, -0.25) is 4.79 Å². The number of benzene rings is 1. The monoisotopic (exact) mass is 250 g/mol. The van der Waals surface area contributed by atoms with Crippen molar-refractivity contribution in [2.75, 3.05) is 20.2 Å². The number of aliphatic carboxylic acids is 1. The normalized spacial score (nSPS) is 18.6. The number of rotatable bonds is 4. The van der Waals surface area contributed by atoms with E-state index in [1.165, 1.54) is 4.90 Å². The zero-order chi connectivity index (χ0) is 13.1. The summed E-state index contributed by atoms with van der Waals surface area (Å²) < 4.78 is 5.22. The molecule has 1 heterocycles. The minimum atomic E-state index is -1.02. The number of urea groups is 1. The number of carboxylic acid groups (broad SMARTS) is 1. The van der Waals surface area contributed by atoms with Crippen molar-refractivity contribution in [1.29, 1.82) is 0 Å². The van der Waals surface area contributed by atoms with Crippen molar-refractivity contribution in [3.05, 3.63) is 29.8 Å². The molecule has 2 amide bonds. The van der Waals surface area contributed by atoms with Crippen molar-refractivity contribution in [3.8, 4) is 5.75 Å². The second-order valence-electron chi connectivity index (χ2n) is 4.02. The van der Waals surface area contributed by atoms with Crippen molar-refractivity contribution in [1.82, 2.24) is 10.2 Å². The van der Waals surface area contributed by atoms with E-state index in [0.717, 1.165) is 5.56 Å². The molecule has 0 aromatic heterocycles. The SMILES string of the molecule is COc1ccccc1C1CN(CC(=O)O)C(=O)N1. The van der Waals surface area contributed by atoms with Gasteiger partial charge in [-0.25, -0.2) is 4.79 Å². The number of carboxylic acids is 1. The zero-order valence-electron chi connectivity index (χ0n) is 9.92. The number of ether oxygens (including phenoxy) is 1. The van der Waals surface area contributed by atoms with Crippen LogP contribution in [0.15, 0.2) is 24.3 Å². The minimum Gasteiger partial charge on any atom is -0.496 e. The Morgan fingerprint density at radius 2 is 2.28 bits per heavy atom. The average Bonchev–Trinajstić information content (AvgIpc) is 2.70. The summed E-state index contributed by atoms with van der Waals surface area (Å²) in [7, 11) is 1.56. The fourth-order valence-corrected chi connectivity index (χ4v) is 2.02. The molecule has 0 aliphatic carbocycles. The van der Waals surface area contributed by atoms with Gasteiger partial charge in [-0.15, -0.1) is 0 Å². The van der Waals surface area contributed by atoms with Gasteiger partial charge in [0, 0.05) is 12.1 Å². The maximum absolute atomic E-state index is 11.6. The largest absolute Gasteiger partial charge is 0.496 e. The Morgan fingerprint density at radius 3 is 2.94 bits per heavy atom. The van der Waals surface area contributed by atoms with Gasteiger partial charge in [0.05, 0.1) is 13.2 Å². The van der Waals surface area contributed by atoms with Gasteiger partial charge in [0.1, 0.15) is 12.3 Å². The highest BCUT2D eigenvalue weighted by Crippen LogP contribution is 2.28. The lowest BCUT2D eigenvalue weighted by molar-refractivity contribution is -0.137. The fraction of sp³-hybridized carbons (Fsp3) is 0.333. The molecule has 0 radical (unpaired) electrons. The minimum absolute atomic E-state index is 0.243. The Balaban J connectivity index is 2.16. The first-order valence-corrected chi connectivity index (χ1v) is 5.52. The summed E-state index contributed by atoms with van der Waals surface area (Å²) in [6, 6.07) is 6.74. The molecule has 1 saturated heterocycles. The van der Waals surface area contributed by atoms with E-state index in [2.05, 4.69) is 5.32 Å². The highest BCUT2D eigenvalue weighted by molar-refractivity contribution is 5.82. The molecule has 6 heteroatoms. The van der Waals surface area contributed by atoms with Crippen LogP contribution in [0.5, 0.6) is 5.75 Å². The molecule has 1 aromatic rings. The Kier molecular flexibility index (Phi) is 3.36. The summed E-state index contributed by atoms with van der Waals surface area (Å²) in [6.45, 7) is 0.0307. The number of carbonyl (C=O) groups is 2. The Bertz CT molecular complexity index is 475. The summed E-state index contributed by atoms with van der Waals surface area (Å²) in [5.41, 5.74) is 0.848. The van der Waals surface area contributed by atoms with Gasteiger partial charge in [0.15, 0.2) is 0 Å². The van der Waals surface area contributed by atoms with Crippen molar-refractivity contribution < 1.29 is 19.4 Å². The van der Waals surface area contributed by atoms with Crippen LogP contribution in [-0.2, 0) is 4.79 Å². The number of carbonyl (C=O) groups excluding carboxylic acids is 1. The number of hydrogen-bond donors (Lipinski definition) is 2. The molecular weight excluding hydrogens is 236 g/mol. The van der Waals surface area contributed by atoms with Crippen LogP contribution >= 0.6 is 0 Å². The lowest BCUT2D eigenvalue weighted by atomic mass is 10.1. The molecule has 0 bridgehead atoms. The molecular formula is C12H14N2O4. The molecule has 0 spiro atoms. The highest BCUT2D eigenvalue weighted by Gasteiger charge is 2.32. The molecule has 18 heavy (non-hydrogen) atoms. The van der Waals surface area contributed by atoms with E-state index in [4.69, 9.17) is 9.84 Å². The van der Waals surface area contributed by atoms with Crippen LogP contribution in [0.3, 0.4) is 0 Å². The van der Waals surface area contributed by atoms with Crippen LogP contribution in [0.4, 0.5) is 4.79 Å². The van der Waals surface area contributed by atoms with E-state index in [0.29, 0.717) is 12.3 Å². The van der Waals surface area contributed by atoms with Crippen molar-refractivity contribution in [2.45, 2.75) is 6.04 Å². The second kappa shape index (κ2) is 4.95. The van der Waals surface area contributed by atoms with Crippen LogP contribution < -0.4 is 10.1 Å². The van der Waals surface area contributed by atoms with Gasteiger partial charge in [-0.05, 0) is 6.07 Å². The zero-order valence-corrected chi connectivity index (χ0v) is 9.92. The summed E-state index contributed by atoms with van der Waals surface area (Å²) >= 11 is 0. The highest BCUT2D eigenvalue weighted by atomic mass is 16.5. The van der Waals surface area contributed by atoms with Crippen LogP contribution in [0.2, 0.25) is 0 Å². The number of methoxy groups -OCH3 is 1. The van der Waals surface area contributed by atoms with Gasteiger partial charge in [-0.1, -0.05) is 18.2 Å². The first kappa shape index (κ1) is 12.2. The Labute approximate surface area is 104 Å². The smallest absolute Gasteiger partial charge is 0.323 e. The van der Waals surface area contributed by atoms with Gasteiger partial charge in [-0.2, -0.15) is 0 Å². The molecule has 0 saturated carbocycles. The molecule has 6 nitrogen and oxygen atoms in total. The molecule has 1 aromatic carbocycles. The lowest BCUT2D eigenvalue weighted by Gasteiger charge is -2.14. The Morgan fingerprint density at radius 1 is 1.56 bits per heavy atom. The van der Waals surface area contributed by atoms with Gasteiger partial charge in [0.2, 0.25) is 0 Å². The third kappa shape index (κ3) is 2.37.